The molecule has 1 N–H and O–H groups in total. The maximum Gasteiger partial charge on any atom is 0.254 e. The Morgan fingerprint density at radius 1 is 1.53 bits per heavy atom. The van der Waals surface area contributed by atoms with E-state index in [-0.39, 0.29) is 11.0 Å². The van der Waals surface area contributed by atoms with Crippen LogP contribution >= 0.6 is 27.5 Å². The van der Waals surface area contributed by atoms with E-state index in [1.54, 1.807) is 0 Å². The number of rotatable bonds is 4. The van der Waals surface area contributed by atoms with Gasteiger partial charge in [0.2, 0.25) is 0 Å². The quantitative estimate of drug-likeness (QED) is 0.843. The molecule has 0 aliphatic heterocycles. The zero-order valence-electron chi connectivity index (χ0n) is 9.69. The minimum atomic E-state index is -0.566. The summed E-state index contributed by atoms with van der Waals surface area (Å²) >= 11 is 9.08. The summed E-state index contributed by atoms with van der Waals surface area (Å²) in [7, 11) is 0. The SMILES string of the molecule is CC(C)(CBr)CNC(=O)c1cc(Cl)ccc1F. The molecule has 0 spiro atoms. The van der Waals surface area contributed by atoms with Gasteiger partial charge in [0.05, 0.1) is 5.56 Å². The van der Waals surface area contributed by atoms with Crippen LogP contribution in [-0.4, -0.2) is 17.8 Å². The Balaban J connectivity index is 2.74. The maximum atomic E-state index is 13.4. The van der Waals surface area contributed by atoms with Crippen LogP contribution in [0.4, 0.5) is 4.39 Å². The zero-order chi connectivity index (χ0) is 13.1. The van der Waals surface area contributed by atoms with Crippen molar-refractivity contribution in [2.24, 2.45) is 5.41 Å². The van der Waals surface area contributed by atoms with Gasteiger partial charge in [-0.2, -0.15) is 0 Å². The summed E-state index contributed by atoms with van der Waals surface area (Å²) in [6.07, 6.45) is 0. The molecule has 2 nitrogen and oxygen atoms in total. The predicted molar refractivity (Wildman–Crippen MR) is 71.3 cm³/mol. The van der Waals surface area contributed by atoms with Crippen LogP contribution < -0.4 is 5.32 Å². The lowest BCUT2D eigenvalue weighted by Crippen LogP contribution is -2.35. The third-order valence-corrected chi connectivity index (χ3v) is 4.02. The van der Waals surface area contributed by atoms with Crippen molar-refractivity contribution in [3.05, 3.63) is 34.6 Å². The molecule has 0 saturated carbocycles. The van der Waals surface area contributed by atoms with Crippen molar-refractivity contribution in [1.29, 1.82) is 0 Å². The van der Waals surface area contributed by atoms with Gasteiger partial charge < -0.3 is 5.32 Å². The van der Waals surface area contributed by atoms with E-state index in [1.807, 2.05) is 13.8 Å². The molecule has 0 fully saturated rings. The lowest BCUT2D eigenvalue weighted by molar-refractivity contribution is 0.0936. The highest BCUT2D eigenvalue weighted by Gasteiger charge is 2.19. The first-order valence-corrected chi connectivity index (χ1v) is 6.65. The number of benzene rings is 1. The van der Waals surface area contributed by atoms with Crippen LogP contribution in [0.2, 0.25) is 5.02 Å². The van der Waals surface area contributed by atoms with Crippen LogP contribution in [0.1, 0.15) is 24.2 Å². The molecule has 0 bridgehead atoms. The van der Waals surface area contributed by atoms with Gasteiger partial charge in [-0.3, -0.25) is 4.79 Å². The van der Waals surface area contributed by atoms with Crippen LogP contribution in [0, 0.1) is 11.2 Å². The van der Waals surface area contributed by atoms with Gasteiger partial charge in [0, 0.05) is 16.9 Å². The molecule has 5 heteroatoms. The van der Waals surface area contributed by atoms with Gasteiger partial charge in [-0.15, -0.1) is 0 Å². The molecule has 0 aromatic heterocycles. The summed E-state index contributed by atoms with van der Waals surface area (Å²) in [6.45, 7) is 4.45. The number of carbonyl (C=O) groups excluding carboxylic acids is 1. The Kier molecular flexibility index (Phi) is 4.95. The summed E-state index contributed by atoms with van der Waals surface area (Å²) < 4.78 is 13.4. The van der Waals surface area contributed by atoms with Crippen molar-refractivity contribution in [3.8, 4) is 0 Å². The first-order valence-electron chi connectivity index (χ1n) is 5.15. The highest BCUT2D eigenvalue weighted by molar-refractivity contribution is 9.09. The average Bonchev–Trinajstić information content (AvgIpc) is 2.29. The van der Waals surface area contributed by atoms with E-state index in [0.29, 0.717) is 11.6 Å². The molecule has 0 aliphatic carbocycles. The first-order chi connectivity index (χ1) is 7.85. The Morgan fingerprint density at radius 3 is 2.76 bits per heavy atom. The van der Waals surface area contributed by atoms with E-state index in [2.05, 4.69) is 21.2 Å². The van der Waals surface area contributed by atoms with E-state index >= 15 is 0 Å². The number of hydrogen-bond acceptors (Lipinski definition) is 1. The van der Waals surface area contributed by atoms with E-state index in [9.17, 15) is 9.18 Å². The van der Waals surface area contributed by atoms with Crippen molar-refractivity contribution >= 4 is 33.4 Å². The second-order valence-electron chi connectivity index (χ2n) is 4.60. The molecule has 0 saturated heterocycles. The Bertz CT molecular complexity index is 423. The Morgan fingerprint density at radius 2 is 2.18 bits per heavy atom. The van der Waals surface area contributed by atoms with Gasteiger partial charge in [0.1, 0.15) is 5.82 Å². The topological polar surface area (TPSA) is 29.1 Å². The van der Waals surface area contributed by atoms with Gasteiger partial charge in [-0.25, -0.2) is 4.39 Å². The standard InChI is InChI=1S/C12H14BrClFNO/c1-12(2,6-13)7-16-11(17)9-5-8(14)3-4-10(9)15/h3-5H,6-7H2,1-2H3,(H,16,17). The van der Waals surface area contributed by atoms with E-state index in [1.165, 1.54) is 18.2 Å². The van der Waals surface area contributed by atoms with Crippen molar-refractivity contribution < 1.29 is 9.18 Å². The fraction of sp³-hybridized carbons (Fsp3) is 0.417. The summed E-state index contributed by atoms with van der Waals surface area (Å²) in [4.78, 5) is 11.8. The molecule has 94 valence electrons. The van der Waals surface area contributed by atoms with Gasteiger partial charge in [0.15, 0.2) is 0 Å². The predicted octanol–water partition coefficient (Wildman–Crippen LogP) is 3.63. The molecule has 0 radical (unpaired) electrons. The van der Waals surface area contributed by atoms with E-state index < -0.39 is 11.7 Å². The van der Waals surface area contributed by atoms with Crippen molar-refractivity contribution in [1.82, 2.24) is 5.32 Å². The lowest BCUT2D eigenvalue weighted by atomic mass is 9.97. The molecular weight excluding hydrogens is 308 g/mol. The molecule has 17 heavy (non-hydrogen) atoms. The average molecular weight is 323 g/mol. The molecule has 1 rings (SSSR count). The molecule has 0 aliphatic rings. The highest BCUT2D eigenvalue weighted by atomic mass is 79.9. The first kappa shape index (κ1) is 14.5. The van der Waals surface area contributed by atoms with Crippen LogP contribution in [0.15, 0.2) is 18.2 Å². The minimum Gasteiger partial charge on any atom is -0.351 e. The van der Waals surface area contributed by atoms with Crippen molar-refractivity contribution in [3.63, 3.8) is 0 Å². The van der Waals surface area contributed by atoms with Crippen molar-refractivity contribution in [2.45, 2.75) is 13.8 Å². The Hall–Kier alpha value is -0.610. The lowest BCUT2D eigenvalue weighted by Gasteiger charge is -2.21. The molecule has 0 atom stereocenters. The number of carbonyl (C=O) groups is 1. The largest absolute Gasteiger partial charge is 0.351 e. The van der Waals surface area contributed by atoms with Crippen LogP contribution in [0.25, 0.3) is 0 Å². The molecular formula is C12H14BrClFNO. The molecule has 1 amide bonds. The maximum absolute atomic E-state index is 13.4. The number of hydrogen-bond donors (Lipinski definition) is 1. The van der Waals surface area contributed by atoms with Gasteiger partial charge >= 0.3 is 0 Å². The monoisotopic (exact) mass is 321 g/mol. The number of alkyl halides is 1. The fourth-order valence-electron chi connectivity index (χ4n) is 1.13. The summed E-state index contributed by atoms with van der Waals surface area (Å²) in [6, 6.07) is 3.93. The van der Waals surface area contributed by atoms with Gasteiger partial charge in [-0.05, 0) is 23.6 Å². The van der Waals surface area contributed by atoms with Gasteiger partial charge in [-0.1, -0.05) is 41.4 Å². The number of halogens is 3. The second kappa shape index (κ2) is 5.83. The summed E-state index contributed by atoms with van der Waals surface area (Å²) in [5.74, 6) is -1.01. The van der Waals surface area contributed by atoms with Gasteiger partial charge in [0.25, 0.3) is 5.91 Å². The third-order valence-electron chi connectivity index (χ3n) is 2.26. The Labute approximate surface area is 114 Å². The highest BCUT2D eigenvalue weighted by Crippen LogP contribution is 2.18. The van der Waals surface area contributed by atoms with Crippen molar-refractivity contribution in [2.75, 3.05) is 11.9 Å². The van der Waals surface area contributed by atoms with E-state index in [0.717, 1.165) is 5.33 Å². The fourth-order valence-corrected chi connectivity index (χ4v) is 1.50. The minimum absolute atomic E-state index is 0.0251. The van der Waals surface area contributed by atoms with E-state index in [4.69, 9.17) is 11.6 Å². The molecule has 0 heterocycles. The number of nitrogens with one attached hydrogen (secondary N) is 1. The third kappa shape index (κ3) is 4.28. The van der Waals surface area contributed by atoms with Crippen LogP contribution in [0.3, 0.4) is 0 Å². The van der Waals surface area contributed by atoms with Crippen LogP contribution in [0.5, 0.6) is 0 Å². The second-order valence-corrected chi connectivity index (χ2v) is 5.60. The van der Waals surface area contributed by atoms with Crippen LogP contribution in [-0.2, 0) is 0 Å². The normalized spacial score (nSPS) is 11.4. The molecule has 0 unspecified atom stereocenters. The summed E-state index contributed by atoms with van der Waals surface area (Å²) in [5, 5.41) is 3.78. The smallest absolute Gasteiger partial charge is 0.254 e. The molecule has 1 aromatic carbocycles. The molecule has 1 aromatic rings. The zero-order valence-corrected chi connectivity index (χ0v) is 12.0. The number of amides is 1. The summed E-state index contributed by atoms with van der Waals surface area (Å²) in [5.41, 5.74) is -0.104.